The summed E-state index contributed by atoms with van der Waals surface area (Å²) in [6.45, 7) is 1.93. The first kappa shape index (κ1) is 19.1. The summed E-state index contributed by atoms with van der Waals surface area (Å²) in [5.74, 6) is 0.822. The van der Waals surface area contributed by atoms with Crippen molar-refractivity contribution in [2.75, 3.05) is 5.32 Å². The van der Waals surface area contributed by atoms with Crippen molar-refractivity contribution in [3.05, 3.63) is 28.8 Å². The topological polar surface area (TPSA) is 66.5 Å². The first-order valence-corrected chi connectivity index (χ1v) is 11.3. The molecule has 4 aliphatic rings. The monoisotopic (exact) mass is 414 g/mol. The van der Waals surface area contributed by atoms with Crippen LogP contribution >= 0.6 is 11.6 Å². The van der Waals surface area contributed by atoms with Gasteiger partial charge >= 0.3 is 0 Å². The molecule has 2 bridgehead atoms. The molecule has 4 fully saturated rings. The lowest BCUT2D eigenvalue weighted by molar-refractivity contribution is -0.144. The molecule has 1 saturated heterocycles. The molecular weight excluding hydrogens is 388 g/mol. The number of aryl methyl sites for hydroxylation is 1. The highest BCUT2D eigenvalue weighted by atomic mass is 35.5. The Balaban J connectivity index is 1.20. The van der Waals surface area contributed by atoms with Gasteiger partial charge in [0, 0.05) is 22.7 Å². The Hall–Kier alpha value is -1.88. The zero-order chi connectivity index (χ0) is 20.3. The summed E-state index contributed by atoms with van der Waals surface area (Å²) in [5, 5.41) is 3.60. The van der Waals surface area contributed by atoms with E-state index in [1.165, 1.54) is 0 Å². The lowest BCUT2D eigenvalue weighted by Gasteiger charge is -2.33. The molecule has 0 spiro atoms. The van der Waals surface area contributed by atoms with Gasteiger partial charge in [0.25, 0.3) is 0 Å². The van der Waals surface area contributed by atoms with Crippen LogP contribution in [0.15, 0.2) is 18.2 Å². The number of imide groups is 1. The van der Waals surface area contributed by atoms with Crippen LogP contribution in [0.25, 0.3) is 0 Å². The van der Waals surface area contributed by atoms with Crippen LogP contribution in [0.1, 0.15) is 50.5 Å². The number of amides is 3. The van der Waals surface area contributed by atoms with Gasteiger partial charge < -0.3 is 5.32 Å². The fourth-order valence-electron chi connectivity index (χ4n) is 6.30. The van der Waals surface area contributed by atoms with E-state index in [2.05, 4.69) is 5.32 Å². The van der Waals surface area contributed by atoms with Gasteiger partial charge in [-0.3, -0.25) is 19.3 Å². The maximum atomic E-state index is 13.0. The number of fused-ring (bicyclic) bond motifs is 5. The molecule has 6 heteroatoms. The van der Waals surface area contributed by atoms with Gasteiger partial charge in [-0.25, -0.2) is 0 Å². The van der Waals surface area contributed by atoms with E-state index in [0.717, 1.165) is 37.7 Å². The third-order valence-electron chi connectivity index (χ3n) is 7.83. The van der Waals surface area contributed by atoms with Crippen molar-refractivity contribution >= 4 is 35.0 Å². The van der Waals surface area contributed by atoms with Crippen LogP contribution in [-0.2, 0) is 14.4 Å². The third kappa shape index (κ3) is 3.09. The predicted molar refractivity (Wildman–Crippen MR) is 110 cm³/mol. The van der Waals surface area contributed by atoms with E-state index in [0.29, 0.717) is 35.4 Å². The highest BCUT2D eigenvalue weighted by molar-refractivity contribution is 6.31. The number of halogens is 1. The second-order valence-corrected chi connectivity index (χ2v) is 9.80. The van der Waals surface area contributed by atoms with Gasteiger partial charge in [0.2, 0.25) is 17.7 Å². The Morgan fingerprint density at radius 1 is 1.00 bits per heavy atom. The predicted octanol–water partition coefficient (Wildman–Crippen LogP) is 4.18. The second kappa shape index (κ2) is 7.12. The smallest absolute Gasteiger partial charge is 0.233 e. The summed E-state index contributed by atoms with van der Waals surface area (Å²) >= 11 is 6.15. The molecule has 3 aliphatic carbocycles. The van der Waals surface area contributed by atoms with Crippen molar-refractivity contribution in [1.29, 1.82) is 0 Å². The van der Waals surface area contributed by atoms with Crippen LogP contribution in [0.4, 0.5) is 5.69 Å². The molecule has 1 N–H and O–H groups in total. The molecule has 1 heterocycles. The summed E-state index contributed by atoms with van der Waals surface area (Å²) in [4.78, 5) is 40.3. The van der Waals surface area contributed by atoms with Crippen molar-refractivity contribution in [3.8, 4) is 0 Å². The molecule has 3 saturated carbocycles. The molecule has 1 aromatic carbocycles. The molecular formula is C23H27ClN2O3. The van der Waals surface area contributed by atoms with Crippen LogP contribution in [0, 0.1) is 36.5 Å². The summed E-state index contributed by atoms with van der Waals surface area (Å²) in [7, 11) is 0. The number of anilines is 1. The summed E-state index contributed by atoms with van der Waals surface area (Å²) in [6.07, 6.45) is 6.13. The Labute approximate surface area is 176 Å². The van der Waals surface area contributed by atoms with E-state index >= 15 is 0 Å². The lowest BCUT2D eigenvalue weighted by atomic mass is 9.81. The van der Waals surface area contributed by atoms with Crippen molar-refractivity contribution in [2.24, 2.45) is 29.6 Å². The highest BCUT2D eigenvalue weighted by Crippen LogP contribution is 2.56. The SMILES string of the molecule is Cc1ccc(NC(=O)C2CCC(N3C(=O)[C@H]4[C@@H]5CC[C@H](C5)[C@@H]4C3=O)CC2)cc1Cl. The van der Waals surface area contributed by atoms with Crippen molar-refractivity contribution < 1.29 is 14.4 Å². The normalized spacial score (nSPS) is 35.9. The molecule has 0 aromatic heterocycles. The van der Waals surface area contributed by atoms with E-state index in [4.69, 9.17) is 11.6 Å². The standard InChI is InChI=1S/C23H27ClN2O3/c1-12-2-7-16(11-18(12)24)25-21(27)13-5-8-17(9-6-13)26-22(28)19-14-3-4-15(10-14)20(19)23(26)29/h2,7,11,13-15,17,19-20H,3-6,8-10H2,1H3,(H,25,27)/t13?,14-,15-,17?,19+,20+/m1/s1. The van der Waals surface area contributed by atoms with Gasteiger partial charge in [0.05, 0.1) is 11.8 Å². The minimum absolute atomic E-state index is 0.00245. The van der Waals surface area contributed by atoms with Gasteiger partial charge in [0.1, 0.15) is 0 Å². The maximum absolute atomic E-state index is 13.0. The Morgan fingerprint density at radius 3 is 2.21 bits per heavy atom. The van der Waals surface area contributed by atoms with Gasteiger partial charge in [0.15, 0.2) is 0 Å². The maximum Gasteiger partial charge on any atom is 0.233 e. The first-order chi connectivity index (χ1) is 13.9. The number of nitrogens with zero attached hydrogens (tertiary/aromatic N) is 1. The number of hydrogen-bond donors (Lipinski definition) is 1. The molecule has 5 rings (SSSR count). The minimum atomic E-state index is -0.0881. The fourth-order valence-corrected chi connectivity index (χ4v) is 6.48. The van der Waals surface area contributed by atoms with Crippen molar-refractivity contribution in [3.63, 3.8) is 0 Å². The molecule has 0 unspecified atom stereocenters. The average Bonchev–Trinajstić information content (AvgIpc) is 3.39. The van der Waals surface area contributed by atoms with Crippen LogP contribution in [-0.4, -0.2) is 28.7 Å². The molecule has 0 radical (unpaired) electrons. The van der Waals surface area contributed by atoms with Crippen molar-refractivity contribution in [1.82, 2.24) is 4.90 Å². The second-order valence-electron chi connectivity index (χ2n) is 9.39. The number of benzene rings is 1. The van der Waals surface area contributed by atoms with Crippen LogP contribution < -0.4 is 5.32 Å². The summed E-state index contributed by atoms with van der Waals surface area (Å²) in [6, 6.07) is 5.50. The molecule has 29 heavy (non-hydrogen) atoms. The Morgan fingerprint density at radius 2 is 1.62 bits per heavy atom. The number of hydrogen-bond acceptors (Lipinski definition) is 3. The van der Waals surface area contributed by atoms with Crippen LogP contribution in [0.5, 0.6) is 0 Å². The van der Waals surface area contributed by atoms with Gasteiger partial charge in [-0.15, -0.1) is 0 Å². The zero-order valence-electron chi connectivity index (χ0n) is 16.7. The van der Waals surface area contributed by atoms with Crippen molar-refractivity contribution in [2.45, 2.75) is 57.9 Å². The zero-order valence-corrected chi connectivity index (χ0v) is 17.5. The molecule has 154 valence electrons. The number of nitrogens with one attached hydrogen (secondary N) is 1. The van der Waals surface area contributed by atoms with Crippen LogP contribution in [0.3, 0.4) is 0 Å². The number of rotatable bonds is 3. The molecule has 1 aliphatic heterocycles. The number of carbonyl (C=O) groups excluding carboxylic acids is 3. The average molecular weight is 415 g/mol. The largest absolute Gasteiger partial charge is 0.326 e. The Kier molecular flexibility index (Phi) is 4.69. The Bertz CT molecular complexity index is 849. The van der Waals surface area contributed by atoms with E-state index in [9.17, 15) is 14.4 Å². The quantitative estimate of drug-likeness (QED) is 0.754. The van der Waals surface area contributed by atoms with E-state index < -0.39 is 0 Å². The minimum Gasteiger partial charge on any atom is -0.326 e. The van der Waals surface area contributed by atoms with Gasteiger partial charge in [-0.1, -0.05) is 17.7 Å². The summed E-state index contributed by atoms with van der Waals surface area (Å²) in [5.41, 5.74) is 1.68. The van der Waals surface area contributed by atoms with E-state index in [1.807, 2.05) is 19.1 Å². The first-order valence-electron chi connectivity index (χ1n) is 10.9. The summed E-state index contributed by atoms with van der Waals surface area (Å²) < 4.78 is 0. The number of carbonyl (C=O) groups is 3. The molecule has 3 amide bonds. The highest BCUT2D eigenvalue weighted by Gasteiger charge is 2.61. The van der Waals surface area contributed by atoms with Gasteiger partial charge in [-0.2, -0.15) is 0 Å². The lowest BCUT2D eigenvalue weighted by Crippen LogP contribution is -2.44. The molecule has 1 aromatic rings. The fraction of sp³-hybridized carbons (Fsp3) is 0.609. The molecule has 4 atom stereocenters. The van der Waals surface area contributed by atoms with E-state index in [1.54, 1.807) is 11.0 Å². The van der Waals surface area contributed by atoms with E-state index in [-0.39, 0.29) is 41.5 Å². The molecule has 5 nitrogen and oxygen atoms in total. The number of likely N-dealkylation sites (tertiary alicyclic amines) is 1. The van der Waals surface area contributed by atoms with Crippen LogP contribution in [0.2, 0.25) is 5.02 Å². The third-order valence-corrected chi connectivity index (χ3v) is 8.24. The van der Waals surface area contributed by atoms with Gasteiger partial charge in [-0.05, 0) is 81.4 Å².